The maximum absolute atomic E-state index is 12.9. The molecule has 0 spiro atoms. The van der Waals surface area contributed by atoms with Gasteiger partial charge in [-0.3, -0.25) is 4.90 Å². The van der Waals surface area contributed by atoms with Crippen LogP contribution in [0.5, 0.6) is 0 Å². The average Bonchev–Trinajstić information content (AvgIpc) is 2.78. The van der Waals surface area contributed by atoms with Gasteiger partial charge in [-0.15, -0.1) is 0 Å². The van der Waals surface area contributed by atoms with Crippen molar-refractivity contribution < 1.29 is 4.39 Å². The Morgan fingerprint density at radius 1 is 1.39 bits per heavy atom. The molecule has 2 atom stereocenters. The van der Waals surface area contributed by atoms with Gasteiger partial charge in [-0.2, -0.15) is 0 Å². The SMILES string of the molecule is CNCC1CCCN1CC(C)c1ccc(F)cc1. The van der Waals surface area contributed by atoms with E-state index in [1.807, 2.05) is 19.2 Å². The first-order valence-corrected chi connectivity index (χ1v) is 6.85. The van der Waals surface area contributed by atoms with E-state index in [0.717, 1.165) is 13.1 Å². The monoisotopic (exact) mass is 250 g/mol. The molecule has 1 N–H and O–H groups in total. The fourth-order valence-electron chi connectivity index (χ4n) is 2.85. The molecule has 1 aliphatic rings. The van der Waals surface area contributed by atoms with Crippen molar-refractivity contribution in [1.82, 2.24) is 10.2 Å². The number of halogens is 1. The third-order valence-corrected chi connectivity index (χ3v) is 3.89. The minimum Gasteiger partial charge on any atom is -0.318 e. The quantitative estimate of drug-likeness (QED) is 0.864. The van der Waals surface area contributed by atoms with Gasteiger partial charge in [-0.1, -0.05) is 19.1 Å². The summed E-state index contributed by atoms with van der Waals surface area (Å²) in [5.41, 5.74) is 1.23. The summed E-state index contributed by atoms with van der Waals surface area (Å²) in [5, 5.41) is 3.27. The van der Waals surface area contributed by atoms with Crippen molar-refractivity contribution in [3.8, 4) is 0 Å². The van der Waals surface area contributed by atoms with E-state index in [1.165, 1.54) is 24.9 Å². The lowest BCUT2D eigenvalue weighted by Crippen LogP contribution is -2.38. The predicted molar refractivity (Wildman–Crippen MR) is 73.3 cm³/mol. The minimum absolute atomic E-state index is 0.153. The first kappa shape index (κ1) is 13.5. The Balaban J connectivity index is 1.94. The number of nitrogens with one attached hydrogen (secondary N) is 1. The van der Waals surface area contributed by atoms with Gasteiger partial charge in [0.05, 0.1) is 0 Å². The van der Waals surface area contributed by atoms with Gasteiger partial charge in [0.15, 0.2) is 0 Å². The number of likely N-dealkylation sites (N-methyl/N-ethyl adjacent to an activating group) is 1. The summed E-state index contributed by atoms with van der Waals surface area (Å²) >= 11 is 0. The molecule has 0 aliphatic carbocycles. The lowest BCUT2D eigenvalue weighted by molar-refractivity contribution is 0.239. The third kappa shape index (κ3) is 3.30. The van der Waals surface area contributed by atoms with Gasteiger partial charge >= 0.3 is 0 Å². The van der Waals surface area contributed by atoms with Gasteiger partial charge in [0.25, 0.3) is 0 Å². The van der Waals surface area contributed by atoms with E-state index >= 15 is 0 Å². The molecule has 2 nitrogen and oxygen atoms in total. The zero-order valence-electron chi connectivity index (χ0n) is 11.3. The number of hydrogen-bond acceptors (Lipinski definition) is 2. The van der Waals surface area contributed by atoms with Crippen LogP contribution in [0.2, 0.25) is 0 Å². The second-order valence-corrected chi connectivity index (χ2v) is 5.30. The molecule has 2 unspecified atom stereocenters. The highest BCUT2D eigenvalue weighted by atomic mass is 19.1. The van der Waals surface area contributed by atoms with Crippen LogP contribution in [0.15, 0.2) is 24.3 Å². The van der Waals surface area contributed by atoms with E-state index in [9.17, 15) is 4.39 Å². The topological polar surface area (TPSA) is 15.3 Å². The Morgan fingerprint density at radius 2 is 2.11 bits per heavy atom. The van der Waals surface area contributed by atoms with Crippen molar-refractivity contribution in [3.63, 3.8) is 0 Å². The van der Waals surface area contributed by atoms with Crippen LogP contribution in [-0.2, 0) is 0 Å². The van der Waals surface area contributed by atoms with E-state index < -0.39 is 0 Å². The normalized spacial score (nSPS) is 22.3. The zero-order chi connectivity index (χ0) is 13.0. The van der Waals surface area contributed by atoms with Gasteiger partial charge in [0, 0.05) is 19.1 Å². The summed E-state index contributed by atoms with van der Waals surface area (Å²) < 4.78 is 12.9. The molecule has 1 fully saturated rings. The lowest BCUT2D eigenvalue weighted by atomic mass is 10.0. The molecule has 1 aliphatic heterocycles. The molecule has 1 heterocycles. The van der Waals surface area contributed by atoms with Crippen molar-refractivity contribution in [2.75, 3.05) is 26.7 Å². The number of rotatable bonds is 5. The largest absolute Gasteiger partial charge is 0.318 e. The smallest absolute Gasteiger partial charge is 0.123 e. The van der Waals surface area contributed by atoms with E-state index in [2.05, 4.69) is 17.1 Å². The molecule has 2 rings (SSSR count). The Morgan fingerprint density at radius 3 is 2.78 bits per heavy atom. The van der Waals surface area contributed by atoms with Gasteiger partial charge < -0.3 is 5.32 Å². The van der Waals surface area contributed by atoms with Crippen LogP contribution < -0.4 is 5.32 Å². The molecule has 0 amide bonds. The molecule has 1 aromatic carbocycles. The Bertz CT molecular complexity index is 363. The maximum atomic E-state index is 12.9. The van der Waals surface area contributed by atoms with Crippen LogP contribution in [-0.4, -0.2) is 37.6 Å². The van der Waals surface area contributed by atoms with Gasteiger partial charge in [0.1, 0.15) is 5.82 Å². The second kappa shape index (κ2) is 6.30. The number of nitrogens with zero attached hydrogens (tertiary/aromatic N) is 1. The standard InChI is InChI=1S/C15H23FN2/c1-12(13-5-7-14(16)8-6-13)11-18-9-3-4-15(18)10-17-2/h5-8,12,15,17H,3-4,9-11H2,1-2H3. The Hall–Kier alpha value is -0.930. The molecular formula is C15H23FN2. The van der Waals surface area contributed by atoms with E-state index in [-0.39, 0.29) is 5.82 Å². The first-order chi connectivity index (χ1) is 8.70. The third-order valence-electron chi connectivity index (χ3n) is 3.89. The molecule has 1 saturated heterocycles. The summed E-state index contributed by atoms with van der Waals surface area (Å²) in [4.78, 5) is 2.56. The molecule has 0 saturated carbocycles. The molecule has 0 aromatic heterocycles. The van der Waals surface area contributed by atoms with Crippen molar-refractivity contribution in [2.24, 2.45) is 0 Å². The molecule has 3 heteroatoms. The van der Waals surface area contributed by atoms with Crippen molar-refractivity contribution >= 4 is 0 Å². The maximum Gasteiger partial charge on any atom is 0.123 e. The highest BCUT2D eigenvalue weighted by Gasteiger charge is 2.25. The Labute approximate surface area is 109 Å². The minimum atomic E-state index is -0.153. The highest BCUT2D eigenvalue weighted by molar-refractivity contribution is 5.20. The van der Waals surface area contributed by atoms with Gasteiger partial charge in [-0.05, 0) is 50.0 Å². The van der Waals surface area contributed by atoms with Gasteiger partial charge in [0.2, 0.25) is 0 Å². The Kier molecular flexibility index (Phi) is 4.72. The van der Waals surface area contributed by atoms with E-state index in [0.29, 0.717) is 12.0 Å². The average molecular weight is 250 g/mol. The molecule has 100 valence electrons. The summed E-state index contributed by atoms with van der Waals surface area (Å²) in [7, 11) is 2.01. The fraction of sp³-hybridized carbons (Fsp3) is 0.600. The van der Waals surface area contributed by atoms with Gasteiger partial charge in [-0.25, -0.2) is 4.39 Å². The summed E-state index contributed by atoms with van der Waals surface area (Å²) in [5.74, 6) is 0.309. The van der Waals surface area contributed by atoms with Crippen LogP contribution in [0.1, 0.15) is 31.2 Å². The zero-order valence-corrected chi connectivity index (χ0v) is 11.3. The van der Waals surface area contributed by atoms with Crippen LogP contribution in [0.4, 0.5) is 4.39 Å². The number of likely N-dealkylation sites (tertiary alicyclic amines) is 1. The second-order valence-electron chi connectivity index (χ2n) is 5.30. The van der Waals surface area contributed by atoms with Crippen LogP contribution in [0.3, 0.4) is 0 Å². The molecule has 18 heavy (non-hydrogen) atoms. The van der Waals surface area contributed by atoms with E-state index in [4.69, 9.17) is 0 Å². The van der Waals surface area contributed by atoms with Crippen LogP contribution in [0, 0.1) is 5.82 Å². The van der Waals surface area contributed by atoms with Crippen molar-refractivity contribution in [3.05, 3.63) is 35.6 Å². The number of benzene rings is 1. The van der Waals surface area contributed by atoms with E-state index in [1.54, 1.807) is 12.1 Å². The lowest BCUT2D eigenvalue weighted by Gasteiger charge is -2.27. The van der Waals surface area contributed by atoms with Crippen molar-refractivity contribution in [2.45, 2.75) is 31.7 Å². The predicted octanol–water partition coefficient (Wildman–Crippen LogP) is 2.61. The first-order valence-electron chi connectivity index (χ1n) is 6.85. The van der Waals surface area contributed by atoms with Crippen molar-refractivity contribution in [1.29, 1.82) is 0 Å². The fourth-order valence-corrected chi connectivity index (χ4v) is 2.85. The molecule has 0 radical (unpaired) electrons. The highest BCUT2D eigenvalue weighted by Crippen LogP contribution is 2.23. The summed E-state index contributed by atoms with van der Waals surface area (Å²) in [6, 6.07) is 7.59. The molecule has 0 bridgehead atoms. The molecule has 1 aromatic rings. The summed E-state index contributed by atoms with van der Waals surface area (Å²) in [6.45, 7) is 5.55. The summed E-state index contributed by atoms with van der Waals surface area (Å²) in [6.07, 6.45) is 2.58. The molecular weight excluding hydrogens is 227 g/mol. The van der Waals surface area contributed by atoms with Crippen LogP contribution in [0.25, 0.3) is 0 Å². The number of hydrogen-bond donors (Lipinski definition) is 1. The van der Waals surface area contributed by atoms with Crippen LogP contribution >= 0.6 is 0 Å².